The number of aromatic nitrogens is 2. The maximum atomic E-state index is 5.70. The Bertz CT molecular complexity index is 593. The zero-order valence-electron chi connectivity index (χ0n) is 12.4. The van der Waals surface area contributed by atoms with Crippen LogP contribution in [0.25, 0.3) is 10.9 Å². The summed E-state index contributed by atoms with van der Waals surface area (Å²) < 4.78 is 13.8. The molecule has 0 saturated carbocycles. The first-order valence-corrected chi connectivity index (χ1v) is 11.2. The van der Waals surface area contributed by atoms with Crippen LogP contribution in [0.5, 0.6) is 5.75 Å². The Labute approximate surface area is 129 Å². The quantitative estimate of drug-likeness (QED) is 0.576. The second-order valence-corrected chi connectivity index (χ2v) is 12.5. The molecule has 6 heteroatoms. The van der Waals surface area contributed by atoms with Crippen molar-refractivity contribution in [2.75, 3.05) is 13.7 Å². The molecule has 0 aliphatic heterocycles. The van der Waals surface area contributed by atoms with Crippen LogP contribution < -0.4 is 4.74 Å². The molecule has 1 aromatic heterocycles. The van der Waals surface area contributed by atoms with Crippen LogP contribution in [0.2, 0.25) is 25.7 Å². The van der Waals surface area contributed by atoms with Gasteiger partial charge in [-0.15, -0.1) is 0 Å². The van der Waals surface area contributed by atoms with Crippen LogP contribution in [-0.4, -0.2) is 31.6 Å². The van der Waals surface area contributed by atoms with E-state index in [-0.39, 0.29) is 0 Å². The van der Waals surface area contributed by atoms with Crippen LogP contribution in [0, 0.1) is 0 Å². The Balaban J connectivity index is 2.01. The van der Waals surface area contributed by atoms with Crippen LogP contribution in [0.3, 0.4) is 0 Å². The SMILES string of the molecule is COc1cc2nn(COCC[Si](C)(C)C)cc2cc1Br. The topological polar surface area (TPSA) is 36.3 Å². The van der Waals surface area contributed by atoms with Crippen molar-refractivity contribution in [1.29, 1.82) is 0 Å². The Hall–Kier alpha value is -0.853. The molecule has 0 unspecified atom stereocenters. The van der Waals surface area contributed by atoms with E-state index in [1.807, 2.05) is 23.0 Å². The summed E-state index contributed by atoms with van der Waals surface area (Å²) in [5, 5.41) is 5.57. The number of hydrogen-bond acceptors (Lipinski definition) is 3. The molecule has 0 aliphatic carbocycles. The van der Waals surface area contributed by atoms with E-state index in [0.29, 0.717) is 6.73 Å². The molecule has 2 aromatic rings. The Morgan fingerprint density at radius 3 is 2.70 bits per heavy atom. The number of methoxy groups -OCH3 is 1. The summed E-state index contributed by atoms with van der Waals surface area (Å²) >= 11 is 3.48. The molecular weight excluding hydrogens is 336 g/mol. The van der Waals surface area contributed by atoms with Gasteiger partial charge in [-0.2, -0.15) is 5.10 Å². The number of rotatable bonds is 6. The van der Waals surface area contributed by atoms with Gasteiger partial charge in [0, 0.05) is 32.3 Å². The van der Waals surface area contributed by atoms with Crippen molar-refractivity contribution in [1.82, 2.24) is 9.78 Å². The van der Waals surface area contributed by atoms with Crippen molar-refractivity contribution in [3.05, 3.63) is 22.8 Å². The highest BCUT2D eigenvalue weighted by Gasteiger charge is 2.12. The molecule has 0 bridgehead atoms. The van der Waals surface area contributed by atoms with E-state index in [0.717, 1.165) is 27.7 Å². The van der Waals surface area contributed by atoms with Crippen molar-refractivity contribution in [3.63, 3.8) is 0 Å². The number of nitrogens with zero attached hydrogens (tertiary/aromatic N) is 2. The third kappa shape index (κ3) is 4.07. The standard InChI is InChI=1S/C14H21BrN2O2Si/c1-18-14-8-13-11(7-12(14)15)9-17(16-13)10-19-5-6-20(2,3)4/h7-9H,5-6,10H2,1-4H3. The molecule has 20 heavy (non-hydrogen) atoms. The van der Waals surface area contributed by atoms with Crippen molar-refractivity contribution in [2.45, 2.75) is 32.4 Å². The number of ether oxygens (including phenoxy) is 2. The van der Waals surface area contributed by atoms with Gasteiger partial charge in [0.25, 0.3) is 0 Å². The number of fused-ring (bicyclic) bond motifs is 1. The van der Waals surface area contributed by atoms with Crippen LogP contribution in [0.1, 0.15) is 0 Å². The predicted molar refractivity (Wildman–Crippen MR) is 88.1 cm³/mol. The third-order valence-electron chi connectivity index (χ3n) is 3.05. The molecule has 0 N–H and O–H groups in total. The summed E-state index contributed by atoms with van der Waals surface area (Å²) in [6.45, 7) is 8.35. The molecule has 1 aromatic carbocycles. The van der Waals surface area contributed by atoms with Crippen LogP contribution in [0.15, 0.2) is 22.8 Å². The van der Waals surface area contributed by atoms with Crippen LogP contribution >= 0.6 is 15.9 Å². The van der Waals surface area contributed by atoms with Crippen molar-refractivity contribution >= 4 is 34.9 Å². The van der Waals surface area contributed by atoms with Gasteiger partial charge in [-0.05, 0) is 28.0 Å². The normalized spacial score (nSPS) is 12.1. The first-order chi connectivity index (χ1) is 9.39. The summed E-state index contributed by atoms with van der Waals surface area (Å²) in [6, 6.07) is 5.12. The van der Waals surface area contributed by atoms with E-state index in [1.165, 1.54) is 6.04 Å². The minimum Gasteiger partial charge on any atom is -0.495 e. The number of benzene rings is 1. The van der Waals surface area contributed by atoms with Gasteiger partial charge in [0.15, 0.2) is 0 Å². The highest BCUT2D eigenvalue weighted by atomic mass is 79.9. The van der Waals surface area contributed by atoms with Gasteiger partial charge in [0.05, 0.1) is 17.1 Å². The number of halogens is 1. The van der Waals surface area contributed by atoms with E-state index < -0.39 is 8.07 Å². The van der Waals surface area contributed by atoms with Gasteiger partial charge in [-0.3, -0.25) is 0 Å². The average molecular weight is 357 g/mol. The summed E-state index contributed by atoms with van der Waals surface area (Å²) in [5.74, 6) is 0.794. The van der Waals surface area contributed by atoms with E-state index in [1.54, 1.807) is 7.11 Å². The second-order valence-electron chi connectivity index (χ2n) is 6.06. The molecule has 4 nitrogen and oxygen atoms in total. The molecule has 0 saturated heterocycles. The smallest absolute Gasteiger partial charge is 0.139 e. The van der Waals surface area contributed by atoms with Gasteiger partial charge in [0.2, 0.25) is 0 Å². The maximum absolute atomic E-state index is 5.70. The monoisotopic (exact) mass is 356 g/mol. The average Bonchev–Trinajstić information content (AvgIpc) is 2.74. The van der Waals surface area contributed by atoms with Gasteiger partial charge in [0.1, 0.15) is 12.5 Å². The first kappa shape index (κ1) is 15.5. The molecule has 1 heterocycles. The fourth-order valence-electron chi connectivity index (χ4n) is 1.83. The molecular formula is C14H21BrN2O2Si. The van der Waals surface area contributed by atoms with E-state index in [9.17, 15) is 0 Å². The molecule has 2 rings (SSSR count). The van der Waals surface area contributed by atoms with Gasteiger partial charge >= 0.3 is 0 Å². The van der Waals surface area contributed by atoms with E-state index in [4.69, 9.17) is 9.47 Å². The molecule has 0 spiro atoms. The van der Waals surface area contributed by atoms with Crippen molar-refractivity contribution in [3.8, 4) is 5.75 Å². The number of hydrogen-bond donors (Lipinski definition) is 0. The van der Waals surface area contributed by atoms with Crippen LogP contribution in [0.4, 0.5) is 0 Å². The van der Waals surface area contributed by atoms with Crippen molar-refractivity contribution < 1.29 is 9.47 Å². The summed E-state index contributed by atoms with van der Waals surface area (Å²) in [4.78, 5) is 0. The largest absolute Gasteiger partial charge is 0.495 e. The summed E-state index contributed by atoms with van der Waals surface area (Å²) in [6.07, 6.45) is 1.99. The summed E-state index contributed by atoms with van der Waals surface area (Å²) in [5.41, 5.74) is 0.916. The Morgan fingerprint density at radius 2 is 2.05 bits per heavy atom. The minimum absolute atomic E-state index is 0.499. The van der Waals surface area contributed by atoms with Gasteiger partial charge in [-0.25, -0.2) is 4.68 Å². The highest BCUT2D eigenvalue weighted by molar-refractivity contribution is 9.10. The molecule has 0 radical (unpaired) electrons. The third-order valence-corrected chi connectivity index (χ3v) is 5.37. The van der Waals surface area contributed by atoms with Gasteiger partial charge < -0.3 is 9.47 Å². The first-order valence-electron chi connectivity index (χ1n) is 6.67. The lowest BCUT2D eigenvalue weighted by molar-refractivity contribution is 0.0791. The lowest BCUT2D eigenvalue weighted by Gasteiger charge is -2.15. The highest BCUT2D eigenvalue weighted by Crippen LogP contribution is 2.29. The zero-order valence-corrected chi connectivity index (χ0v) is 15.0. The Kier molecular flexibility index (Phi) is 4.88. The van der Waals surface area contributed by atoms with Gasteiger partial charge in [-0.1, -0.05) is 19.6 Å². The molecule has 0 aliphatic rings. The predicted octanol–water partition coefficient (Wildman–Crippen LogP) is 4.12. The lowest BCUT2D eigenvalue weighted by atomic mass is 10.2. The molecule has 0 amide bonds. The minimum atomic E-state index is -1.02. The maximum Gasteiger partial charge on any atom is 0.139 e. The van der Waals surface area contributed by atoms with E-state index in [2.05, 4.69) is 40.7 Å². The fourth-order valence-corrected chi connectivity index (χ4v) is 3.11. The second kappa shape index (κ2) is 6.28. The van der Waals surface area contributed by atoms with Crippen LogP contribution in [-0.2, 0) is 11.5 Å². The molecule has 0 fully saturated rings. The van der Waals surface area contributed by atoms with E-state index >= 15 is 0 Å². The van der Waals surface area contributed by atoms with Crippen molar-refractivity contribution in [2.24, 2.45) is 0 Å². The lowest BCUT2D eigenvalue weighted by Crippen LogP contribution is -2.22. The molecule has 110 valence electrons. The summed E-state index contributed by atoms with van der Waals surface area (Å²) in [7, 11) is 0.631. The zero-order chi connectivity index (χ0) is 14.8. The Morgan fingerprint density at radius 1 is 1.30 bits per heavy atom. The molecule has 0 atom stereocenters. The fraction of sp³-hybridized carbons (Fsp3) is 0.500.